The highest BCUT2D eigenvalue weighted by atomic mass is 16.5. The minimum atomic E-state index is 0.155. The predicted octanol–water partition coefficient (Wildman–Crippen LogP) is 2.48. The summed E-state index contributed by atoms with van der Waals surface area (Å²) >= 11 is 0. The van der Waals surface area contributed by atoms with Crippen molar-refractivity contribution in [2.75, 3.05) is 31.1 Å². The smallest absolute Gasteiger partial charge is 0.223 e. The quantitative estimate of drug-likeness (QED) is 0.738. The van der Waals surface area contributed by atoms with Crippen LogP contribution in [0.15, 0.2) is 12.1 Å². The van der Waals surface area contributed by atoms with E-state index in [2.05, 4.69) is 17.0 Å². The summed E-state index contributed by atoms with van der Waals surface area (Å²) in [5, 5.41) is 0. The number of carbonyl (C=O) groups excluding carboxylic acids is 1. The number of hydrogen-bond donors (Lipinski definition) is 0. The number of amides is 1. The van der Waals surface area contributed by atoms with Crippen LogP contribution >= 0.6 is 0 Å². The Bertz CT molecular complexity index is 686. The lowest BCUT2D eigenvalue weighted by Crippen LogP contribution is -2.46. The van der Waals surface area contributed by atoms with Gasteiger partial charge < -0.3 is 14.5 Å². The molecule has 23 heavy (non-hydrogen) atoms. The molecule has 0 bridgehead atoms. The molecule has 2 saturated heterocycles. The van der Waals surface area contributed by atoms with Crippen molar-refractivity contribution < 1.29 is 9.53 Å². The number of carbonyl (C=O) groups is 1. The maximum atomic E-state index is 11.9. The molecule has 1 aromatic carbocycles. The number of fused-ring (bicyclic) bond motifs is 4. The Morgan fingerprint density at radius 3 is 3.09 bits per heavy atom. The van der Waals surface area contributed by atoms with Crippen molar-refractivity contribution >= 4 is 11.6 Å². The summed E-state index contributed by atoms with van der Waals surface area (Å²) in [6, 6.07) is 5.23. The van der Waals surface area contributed by atoms with E-state index in [1.807, 2.05) is 4.90 Å². The van der Waals surface area contributed by atoms with Crippen LogP contribution in [0.25, 0.3) is 0 Å². The maximum absolute atomic E-state index is 11.9. The van der Waals surface area contributed by atoms with E-state index < -0.39 is 0 Å². The Morgan fingerprint density at radius 1 is 1.30 bits per heavy atom. The van der Waals surface area contributed by atoms with Crippen molar-refractivity contribution in [3.8, 4) is 5.75 Å². The van der Waals surface area contributed by atoms with Crippen LogP contribution in [0.1, 0.15) is 43.7 Å². The van der Waals surface area contributed by atoms with Gasteiger partial charge in [-0.05, 0) is 62.9 Å². The van der Waals surface area contributed by atoms with Crippen molar-refractivity contribution in [2.24, 2.45) is 0 Å². The van der Waals surface area contributed by atoms with Crippen molar-refractivity contribution in [1.82, 2.24) is 4.90 Å². The second-order valence-corrected chi connectivity index (χ2v) is 7.75. The number of benzene rings is 1. The normalized spacial score (nSPS) is 31.9. The topological polar surface area (TPSA) is 32.8 Å². The standard InChI is InChI=1S/C19H24N2O2/c1-13(22)21-7-4-14-9-18-16(10-17(14)21)19(12-23-18)5-8-20-6-2-3-15(20)11-19/h9-10,15H,2-8,11-12H2,1H3. The summed E-state index contributed by atoms with van der Waals surface area (Å²) in [6.07, 6.45) is 6.04. The van der Waals surface area contributed by atoms with Crippen molar-refractivity contribution in [2.45, 2.75) is 50.5 Å². The zero-order chi connectivity index (χ0) is 15.6. The monoisotopic (exact) mass is 312 g/mol. The first-order chi connectivity index (χ1) is 11.2. The van der Waals surface area contributed by atoms with Gasteiger partial charge in [0.25, 0.3) is 0 Å². The zero-order valence-electron chi connectivity index (χ0n) is 13.8. The molecule has 2 atom stereocenters. The van der Waals surface area contributed by atoms with Crippen LogP contribution in [0.3, 0.4) is 0 Å². The molecule has 1 amide bonds. The number of anilines is 1. The summed E-state index contributed by atoms with van der Waals surface area (Å²) < 4.78 is 6.14. The number of ether oxygens (including phenoxy) is 1. The fourth-order valence-electron chi connectivity index (χ4n) is 5.28. The predicted molar refractivity (Wildman–Crippen MR) is 89.2 cm³/mol. The van der Waals surface area contributed by atoms with Gasteiger partial charge in [0.15, 0.2) is 0 Å². The highest BCUT2D eigenvalue weighted by molar-refractivity contribution is 5.94. The molecule has 2 unspecified atom stereocenters. The van der Waals surface area contributed by atoms with Gasteiger partial charge in [-0.3, -0.25) is 4.79 Å². The minimum absolute atomic E-state index is 0.155. The van der Waals surface area contributed by atoms with E-state index in [4.69, 9.17) is 4.74 Å². The average molecular weight is 312 g/mol. The molecule has 0 aromatic heterocycles. The largest absolute Gasteiger partial charge is 0.492 e. The Balaban J connectivity index is 1.55. The number of rotatable bonds is 0. The maximum Gasteiger partial charge on any atom is 0.223 e. The summed E-state index contributed by atoms with van der Waals surface area (Å²) in [6.45, 7) is 5.79. The summed E-state index contributed by atoms with van der Waals surface area (Å²) in [7, 11) is 0. The highest BCUT2D eigenvalue weighted by Crippen LogP contribution is 2.51. The third-order valence-corrected chi connectivity index (χ3v) is 6.53. The third kappa shape index (κ3) is 1.90. The summed E-state index contributed by atoms with van der Waals surface area (Å²) in [5.41, 5.74) is 3.96. The van der Waals surface area contributed by atoms with Gasteiger partial charge in [-0.2, -0.15) is 0 Å². The number of piperidine rings is 1. The molecule has 5 rings (SSSR count). The second-order valence-electron chi connectivity index (χ2n) is 7.75. The fourth-order valence-corrected chi connectivity index (χ4v) is 5.28. The zero-order valence-corrected chi connectivity index (χ0v) is 13.8. The molecule has 0 radical (unpaired) electrons. The SMILES string of the molecule is CC(=O)N1CCc2cc3c(cc21)C1(CCN2CCCC2C1)CO3. The lowest BCUT2D eigenvalue weighted by molar-refractivity contribution is -0.116. The molecular formula is C19H24N2O2. The lowest BCUT2D eigenvalue weighted by atomic mass is 9.71. The van der Waals surface area contributed by atoms with Crippen LogP contribution in [-0.4, -0.2) is 43.1 Å². The molecule has 122 valence electrons. The average Bonchev–Trinajstić information content (AvgIpc) is 3.23. The molecule has 4 heteroatoms. The van der Waals surface area contributed by atoms with Gasteiger partial charge in [0, 0.05) is 36.2 Å². The van der Waals surface area contributed by atoms with E-state index in [0.29, 0.717) is 0 Å². The van der Waals surface area contributed by atoms with Crippen molar-refractivity contribution in [3.05, 3.63) is 23.3 Å². The van der Waals surface area contributed by atoms with Gasteiger partial charge in [-0.25, -0.2) is 0 Å². The fraction of sp³-hybridized carbons (Fsp3) is 0.632. The third-order valence-electron chi connectivity index (χ3n) is 6.53. The summed E-state index contributed by atoms with van der Waals surface area (Å²) in [4.78, 5) is 16.5. The van der Waals surface area contributed by atoms with Gasteiger partial charge in [-0.1, -0.05) is 0 Å². The second kappa shape index (κ2) is 4.73. The number of nitrogens with zero attached hydrogens (tertiary/aromatic N) is 2. The van der Waals surface area contributed by atoms with Crippen LogP contribution in [0.2, 0.25) is 0 Å². The molecule has 0 aliphatic carbocycles. The molecule has 1 aromatic rings. The van der Waals surface area contributed by atoms with Crippen molar-refractivity contribution in [1.29, 1.82) is 0 Å². The molecule has 2 fully saturated rings. The van der Waals surface area contributed by atoms with E-state index in [-0.39, 0.29) is 11.3 Å². The van der Waals surface area contributed by atoms with E-state index in [9.17, 15) is 4.79 Å². The summed E-state index contributed by atoms with van der Waals surface area (Å²) in [5.74, 6) is 1.24. The van der Waals surface area contributed by atoms with E-state index in [1.54, 1.807) is 6.92 Å². The number of hydrogen-bond acceptors (Lipinski definition) is 3. The Hall–Kier alpha value is -1.55. The van der Waals surface area contributed by atoms with E-state index in [0.717, 1.165) is 37.1 Å². The molecular weight excluding hydrogens is 288 g/mol. The Labute approximate surface area is 137 Å². The molecule has 0 saturated carbocycles. The van der Waals surface area contributed by atoms with Gasteiger partial charge in [0.1, 0.15) is 5.75 Å². The minimum Gasteiger partial charge on any atom is -0.492 e. The first kappa shape index (κ1) is 13.8. The molecule has 4 heterocycles. The van der Waals surface area contributed by atoms with Crippen LogP contribution in [0.4, 0.5) is 5.69 Å². The van der Waals surface area contributed by atoms with Crippen LogP contribution in [0.5, 0.6) is 5.75 Å². The molecule has 0 N–H and O–H groups in total. The first-order valence-electron chi connectivity index (χ1n) is 8.99. The highest BCUT2D eigenvalue weighted by Gasteiger charge is 2.48. The Kier molecular flexibility index (Phi) is 2.85. The van der Waals surface area contributed by atoms with Gasteiger partial charge in [0.2, 0.25) is 5.91 Å². The van der Waals surface area contributed by atoms with Gasteiger partial charge in [0.05, 0.1) is 6.61 Å². The van der Waals surface area contributed by atoms with Crippen LogP contribution in [0, 0.1) is 0 Å². The lowest BCUT2D eigenvalue weighted by Gasteiger charge is -2.41. The Morgan fingerprint density at radius 2 is 2.22 bits per heavy atom. The molecule has 4 aliphatic heterocycles. The van der Waals surface area contributed by atoms with Crippen LogP contribution < -0.4 is 9.64 Å². The van der Waals surface area contributed by atoms with Gasteiger partial charge in [-0.15, -0.1) is 0 Å². The molecule has 4 nitrogen and oxygen atoms in total. The van der Waals surface area contributed by atoms with Crippen molar-refractivity contribution in [3.63, 3.8) is 0 Å². The first-order valence-corrected chi connectivity index (χ1v) is 8.99. The van der Waals surface area contributed by atoms with E-state index in [1.165, 1.54) is 49.9 Å². The molecule has 4 aliphatic rings. The van der Waals surface area contributed by atoms with Gasteiger partial charge >= 0.3 is 0 Å². The van der Waals surface area contributed by atoms with Crippen LogP contribution in [-0.2, 0) is 16.6 Å². The molecule has 1 spiro atoms. The van der Waals surface area contributed by atoms with E-state index >= 15 is 0 Å².